The molecule has 0 radical (unpaired) electrons. The lowest BCUT2D eigenvalue weighted by Gasteiger charge is -2.31. The van der Waals surface area contributed by atoms with E-state index in [4.69, 9.17) is 9.47 Å². The second-order valence-electron chi connectivity index (χ2n) is 6.20. The maximum Gasteiger partial charge on any atom is 0.305 e. The van der Waals surface area contributed by atoms with E-state index in [1.165, 1.54) is 31.9 Å². The molecule has 0 unspecified atom stereocenters. The Labute approximate surface area is 131 Å². The first-order valence-electron chi connectivity index (χ1n) is 8.29. The van der Waals surface area contributed by atoms with Crippen molar-refractivity contribution in [2.24, 2.45) is 0 Å². The standard InChI is InChI=1S/C18H24O4/c1-20-16(19)11-4-3-8-14-9-7-10-15-17(14)22-18(21-15)12-5-2-6-13-18/h7,9-10H,2-6,8,11-13H2,1H3. The molecular weight excluding hydrogens is 280 g/mol. The first-order chi connectivity index (χ1) is 10.7. The number of fused-ring (bicyclic) bond motifs is 1. The molecule has 4 nitrogen and oxygen atoms in total. The number of aryl methyl sites for hydroxylation is 1. The summed E-state index contributed by atoms with van der Waals surface area (Å²) < 4.78 is 17.1. The smallest absolute Gasteiger partial charge is 0.305 e. The van der Waals surface area contributed by atoms with Crippen LogP contribution in [-0.4, -0.2) is 18.9 Å². The van der Waals surface area contributed by atoms with Crippen molar-refractivity contribution in [2.45, 2.75) is 63.6 Å². The molecule has 4 heteroatoms. The van der Waals surface area contributed by atoms with Gasteiger partial charge in [-0.3, -0.25) is 4.79 Å². The zero-order valence-corrected chi connectivity index (χ0v) is 13.2. The van der Waals surface area contributed by atoms with Gasteiger partial charge in [0.05, 0.1) is 7.11 Å². The molecule has 3 rings (SSSR count). The van der Waals surface area contributed by atoms with Crippen molar-refractivity contribution < 1.29 is 19.0 Å². The van der Waals surface area contributed by atoms with Crippen LogP contribution in [0.3, 0.4) is 0 Å². The average molecular weight is 304 g/mol. The van der Waals surface area contributed by atoms with E-state index in [9.17, 15) is 4.79 Å². The van der Waals surface area contributed by atoms with Gasteiger partial charge in [-0.15, -0.1) is 0 Å². The Morgan fingerprint density at radius 1 is 1.18 bits per heavy atom. The Morgan fingerprint density at radius 2 is 2.00 bits per heavy atom. The molecule has 0 aromatic heterocycles. The summed E-state index contributed by atoms with van der Waals surface area (Å²) in [4.78, 5) is 11.1. The summed E-state index contributed by atoms with van der Waals surface area (Å²) >= 11 is 0. The van der Waals surface area contributed by atoms with Gasteiger partial charge in [-0.1, -0.05) is 18.6 Å². The van der Waals surface area contributed by atoms with Crippen molar-refractivity contribution in [1.29, 1.82) is 0 Å². The zero-order valence-electron chi connectivity index (χ0n) is 13.2. The molecule has 1 aliphatic heterocycles. The maximum atomic E-state index is 11.1. The lowest BCUT2D eigenvalue weighted by atomic mass is 9.94. The summed E-state index contributed by atoms with van der Waals surface area (Å²) in [6.45, 7) is 0. The largest absolute Gasteiger partial charge is 0.469 e. The molecule has 0 N–H and O–H groups in total. The van der Waals surface area contributed by atoms with Gasteiger partial charge in [-0.25, -0.2) is 0 Å². The summed E-state index contributed by atoms with van der Waals surface area (Å²) in [5.74, 6) is 1.25. The van der Waals surface area contributed by atoms with Crippen LogP contribution < -0.4 is 9.47 Å². The summed E-state index contributed by atoms with van der Waals surface area (Å²) in [5, 5.41) is 0. The highest BCUT2D eigenvalue weighted by Gasteiger charge is 2.43. The van der Waals surface area contributed by atoms with Crippen LogP contribution in [0.15, 0.2) is 18.2 Å². The maximum absolute atomic E-state index is 11.1. The monoisotopic (exact) mass is 304 g/mol. The predicted molar refractivity (Wildman–Crippen MR) is 83.1 cm³/mol. The molecule has 1 heterocycles. The first kappa shape index (κ1) is 15.2. The average Bonchev–Trinajstić information content (AvgIpc) is 2.90. The highest BCUT2D eigenvalue weighted by Crippen LogP contribution is 2.47. The Kier molecular flexibility index (Phi) is 4.55. The van der Waals surface area contributed by atoms with E-state index in [0.717, 1.165) is 43.6 Å². The fourth-order valence-corrected chi connectivity index (χ4v) is 3.34. The molecule has 0 bridgehead atoms. The Morgan fingerprint density at radius 3 is 2.77 bits per heavy atom. The normalized spacial score (nSPS) is 18.4. The molecule has 1 saturated carbocycles. The van der Waals surface area contributed by atoms with E-state index < -0.39 is 5.79 Å². The van der Waals surface area contributed by atoms with E-state index in [0.29, 0.717) is 6.42 Å². The first-order valence-corrected chi connectivity index (χ1v) is 8.29. The summed E-state index contributed by atoms with van der Waals surface area (Å²) in [7, 11) is 1.43. The number of esters is 1. The fraction of sp³-hybridized carbons (Fsp3) is 0.611. The number of carbonyl (C=O) groups excluding carboxylic acids is 1. The van der Waals surface area contributed by atoms with E-state index in [1.54, 1.807) is 0 Å². The number of rotatable bonds is 5. The molecular formula is C18H24O4. The molecule has 2 aliphatic rings. The van der Waals surface area contributed by atoms with Gasteiger partial charge >= 0.3 is 5.97 Å². The van der Waals surface area contributed by atoms with E-state index in [2.05, 4.69) is 10.8 Å². The van der Waals surface area contributed by atoms with Gasteiger partial charge in [0, 0.05) is 19.3 Å². The van der Waals surface area contributed by atoms with E-state index in [-0.39, 0.29) is 5.97 Å². The number of hydrogen-bond donors (Lipinski definition) is 0. The molecule has 1 aliphatic carbocycles. The van der Waals surface area contributed by atoms with Gasteiger partial charge in [0.1, 0.15) is 0 Å². The number of para-hydroxylation sites is 1. The van der Waals surface area contributed by atoms with Crippen LogP contribution in [0, 0.1) is 0 Å². The molecule has 1 fully saturated rings. The molecule has 0 saturated heterocycles. The molecule has 0 amide bonds. The summed E-state index contributed by atoms with van der Waals surface area (Å²) in [5.41, 5.74) is 1.19. The van der Waals surface area contributed by atoms with Crippen molar-refractivity contribution >= 4 is 5.97 Å². The molecule has 1 aromatic carbocycles. The Bertz CT molecular complexity index is 532. The third-order valence-electron chi connectivity index (χ3n) is 4.56. The molecule has 1 aromatic rings. The van der Waals surface area contributed by atoms with Crippen LogP contribution in [0.2, 0.25) is 0 Å². The number of methoxy groups -OCH3 is 1. The molecule has 120 valence electrons. The molecule has 0 atom stereocenters. The van der Waals surface area contributed by atoms with Crippen molar-refractivity contribution in [3.63, 3.8) is 0 Å². The minimum atomic E-state index is -0.414. The third-order valence-corrected chi connectivity index (χ3v) is 4.56. The van der Waals surface area contributed by atoms with Gasteiger partial charge in [0.2, 0.25) is 0 Å². The molecule has 22 heavy (non-hydrogen) atoms. The summed E-state index contributed by atoms with van der Waals surface area (Å²) in [6.07, 6.45) is 8.72. The van der Waals surface area contributed by atoms with Crippen LogP contribution in [0.1, 0.15) is 56.9 Å². The van der Waals surface area contributed by atoms with Crippen LogP contribution in [0.4, 0.5) is 0 Å². The lowest BCUT2D eigenvalue weighted by Crippen LogP contribution is -2.40. The Balaban J connectivity index is 1.61. The van der Waals surface area contributed by atoms with Gasteiger partial charge < -0.3 is 14.2 Å². The zero-order chi connectivity index (χ0) is 15.4. The van der Waals surface area contributed by atoms with Gasteiger partial charge in [-0.05, 0) is 43.7 Å². The van der Waals surface area contributed by atoms with E-state index >= 15 is 0 Å². The van der Waals surface area contributed by atoms with Crippen molar-refractivity contribution in [1.82, 2.24) is 0 Å². The lowest BCUT2D eigenvalue weighted by molar-refractivity contribution is -0.140. The number of carbonyl (C=O) groups is 1. The van der Waals surface area contributed by atoms with Gasteiger partial charge in [-0.2, -0.15) is 0 Å². The Hall–Kier alpha value is -1.71. The van der Waals surface area contributed by atoms with Crippen LogP contribution in [-0.2, 0) is 16.0 Å². The van der Waals surface area contributed by atoms with Crippen LogP contribution >= 0.6 is 0 Å². The van der Waals surface area contributed by atoms with Crippen molar-refractivity contribution in [2.75, 3.05) is 7.11 Å². The molecule has 1 spiro atoms. The highest BCUT2D eigenvalue weighted by molar-refractivity contribution is 5.69. The highest BCUT2D eigenvalue weighted by atomic mass is 16.7. The van der Waals surface area contributed by atoms with Gasteiger partial charge in [0.15, 0.2) is 11.5 Å². The number of unbranched alkanes of at least 4 members (excludes halogenated alkanes) is 1. The summed E-state index contributed by atoms with van der Waals surface area (Å²) in [6, 6.07) is 6.12. The van der Waals surface area contributed by atoms with Crippen LogP contribution in [0.5, 0.6) is 11.5 Å². The number of benzene rings is 1. The second kappa shape index (κ2) is 6.59. The van der Waals surface area contributed by atoms with Crippen LogP contribution in [0.25, 0.3) is 0 Å². The SMILES string of the molecule is COC(=O)CCCCc1cccc2c1OC1(CCCCC1)O2. The van der Waals surface area contributed by atoms with Crippen molar-refractivity contribution in [3.8, 4) is 11.5 Å². The minimum Gasteiger partial charge on any atom is -0.469 e. The minimum absolute atomic E-state index is 0.140. The quantitative estimate of drug-likeness (QED) is 0.609. The topological polar surface area (TPSA) is 44.8 Å². The van der Waals surface area contributed by atoms with Crippen molar-refractivity contribution in [3.05, 3.63) is 23.8 Å². The third kappa shape index (κ3) is 3.21. The number of ether oxygens (including phenoxy) is 3. The number of hydrogen-bond acceptors (Lipinski definition) is 4. The second-order valence-corrected chi connectivity index (χ2v) is 6.20. The fourth-order valence-electron chi connectivity index (χ4n) is 3.34. The predicted octanol–water partition coefficient (Wildman–Crippen LogP) is 4.00. The van der Waals surface area contributed by atoms with Gasteiger partial charge in [0.25, 0.3) is 5.79 Å². The van der Waals surface area contributed by atoms with E-state index in [1.807, 2.05) is 12.1 Å².